The Hall–Kier alpha value is -2.03. The number of ether oxygens (including phenoxy) is 1. The number of aliphatic carboxylic acids is 1. The van der Waals surface area contributed by atoms with E-state index in [0.29, 0.717) is 13.2 Å². The molecule has 9 heteroatoms. The molecule has 1 aliphatic rings. The van der Waals surface area contributed by atoms with Crippen molar-refractivity contribution in [3.8, 4) is 0 Å². The van der Waals surface area contributed by atoms with Gasteiger partial charge in [-0.15, -0.1) is 0 Å². The molecule has 0 bridgehead atoms. The van der Waals surface area contributed by atoms with Crippen LogP contribution in [0.3, 0.4) is 0 Å². The predicted molar refractivity (Wildman–Crippen MR) is 64.6 cm³/mol. The van der Waals surface area contributed by atoms with E-state index in [4.69, 9.17) is 15.6 Å². The first kappa shape index (κ1) is 15.0. The van der Waals surface area contributed by atoms with E-state index < -0.39 is 18.1 Å². The highest BCUT2D eigenvalue weighted by molar-refractivity contribution is 5.75. The zero-order valence-corrected chi connectivity index (χ0v) is 10.4. The van der Waals surface area contributed by atoms with Crippen molar-refractivity contribution in [1.29, 1.82) is 0 Å². The van der Waals surface area contributed by atoms with Crippen molar-refractivity contribution < 1.29 is 24.2 Å². The van der Waals surface area contributed by atoms with Crippen LogP contribution in [0.5, 0.6) is 0 Å². The first-order chi connectivity index (χ1) is 8.99. The minimum absolute atomic E-state index is 0.132. The first-order valence-corrected chi connectivity index (χ1v) is 5.88. The van der Waals surface area contributed by atoms with Gasteiger partial charge < -0.3 is 31.1 Å². The van der Waals surface area contributed by atoms with Crippen molar-refractivity contribution in [2.45, 2.75) is 12.5 Å². The Labute approximate surface area is 110 Å². The third-order valence-corrected chi connectivity index (χ3v) is 2.53. The van der Waals surface area contributed by atoms with E-state index in [-0.39, 0.29) is 32.1 Å². The molecule has 0 aromatic rings. The molecule has 9 nitrogen and oxygen atoms in total. The summed E-state index contributed by atoms with van der Waals surface area (Å²) in [5, 5.41) is 13.6. The van der Waals surface area contributed by atoms with E-state index in [1.54, 1.807) is 0 Å². The topological polar surface area (TPSA) is 134 Å². The third-order valence-electron chi connectivity index (χ3n) is 2.53. The standard InChI is InChI=1S/C10H18N4O5/c11-9(17)12-1-2-13-10(18)14-3-4-19-7(6-14)5-8(15)16/h7H,1-6H2,(H,13,18)(H,15,16)(H3,11,12,17). The van der Waals surface area contributed by atoms with Crippen LogP contribution in [0.15, 0.2) is 0 Å². The molecule has 1 heterocycles. The van der Waals surface area contributed by atoms with Gasteiger partial charge in [-0.1, -0.05) is 0 Å². The van der Waals surface area contributed by atoms with Crippen molar-refractivity contribution >= 4 is 18.0 Å². The van der Waals surface area contributed by atoms with Crippen LogP contribution in [0.4, 0.5) is 9.59 Å². The van der Waals surface area contributed by atoms with Gasteiger partial charge in [0.2, 0.25) is 0 Å². The van der Waals surface area contributed by atoms with Crippen molar-refractivity contribution in [1.82, 2.24) is 15.5 Å². The van der Waals surface area contributed by atoms with Gasteiger partial charge in [0, 0.05) is 26.2 Å². The smallest absolute Gasteiger partial charge is 0.317 e. The summed E-state index contributed by atoms with van der Waals surface area (Å²) >= 11 is 0. The highest BCUT2D eigenvalue weighted by Crippen LogP contribution is 2.08. The van der Waals surface area contributed by atoms with E-state index in [1.807, 2.05) is 0 Å². The molecule has 4 amide bonds. The Morgan fingerprint density at radius 1 is 1.32 bits per heavy atom. The van der Waals surface area contributed by atoms with E-state index >= 15 is 0 Å². The number of primary amides is 1. The highest BCUT2D eigenvalue weighted by atomic mass is 16.5. The van der Waals surface area contributed by atoms with Crippen LogP contribution in [-0.4, -0.2) is 66.9 Å². The summed E-state index contributed by atoms with van der Waals surface area (Å²) < 4.78 is 5.25. The minimum atomic E-state index is -0.960. The van der Waals surface area contributed by atoms with Crippen LogP contribution in [0.25, 0.3) is 0 Å². The summed E-state index contributed by atoms with van der Waals surface area (Å²) in [5.41, 5.74) is 4.87. The lowest BCUT2D eigenvalue weighted by molar-refractivity contribution is -0.141. The van der Waals surface area contributed by atoms with E-state index in [2.05, 4.69) is 10.6 Å². The number of carboxylic acid groups (broad SMARTS) is 1. The number of amides is 4. The van der Waals surface area contributed by atoms with E-state index in [9.17, 15) is 14.4 Å². The molecule has 1 rings (SSSR count). The van der Waals surface area contributed by atoms with Gasteiger partial charge in [-0.3, -0.25) is 4.79 Å². The zero-order chi connectivity index (χ0) is 14.3. The van der Waals surface area contributed by atoms with E-state index in [1.165, 1.54) is 4.90 Å². The number of carboxylic acids is 1. The fourth-order valence-corrected chi connectivity index (χ4v) is 1.69. The molecule has 0 aromatic heterocycles. The molecule has 0 radical (unpaired) electrons. The monoisotopic (exact) mass is 274 g/mol. The lowest BCUT2D eigenvalue weighted by Gasteiger charge is -2.32. The molecular weight excluding hydrogens is 256 g/mol. The number of nitrogens with zero attached hydrogens (tertiary/aromatic N) is 1. The maximum Gasteiger partial charge on any atom is 0.317 e. The number of nitrogens with two attached hydrogens (primary N) is 1. The summed E-state index contributed by atoms with van der Waals surface area (Å²) in [5.74, 6) is -0.960. The summed E-state index contributed by atoms with van der Waals surface area (Å²) in [4.78, 5) is 34.2. The van der Waals surface area contributed by atoms with Gasteiger partial charge in [-0.25, -0.2) is 9.59 Å². The summed E-state index contributed by atoms with van der Waals surface area (Å²) in [6, 6.07) is -0.966. The molecule has 1 saturated heterocycles. The number of rotatable bonds is 5. The van der Waals surface area contributed by atoms with Gasteiger partial charge in [0.1, 0.15) is 0 Å². The second kappa shape index (κ2) is 7.41. The molecule has 108 valence electrons. The SMILES string of the molecule is NC(=O)NCCNC(=O)N1CCOC(CC(=O)O)C1. The first-order valence-electron chi connectivity index (χ1n) is 5.88. The van der Waals surface area contributed by atoms with Crippen molar-refractivity contribution in [2.75, 3.05) is 32.8 Å². The average Bonchev–Trinajstić information content (AvgIpc) is 2.33. The fraction of sp³-hybridized carbons (Fsp3) is 0.700. The van der Waals surface area contributed by atoms with Crippen LogP contribution in [0.2, 0.25) is 0 Å². The molecular formula is C10H18N4O5. The van der Waals surface area contributed by atoms with E-state index in [0.717, 1.165) is 0 Å². The molecule has 1 unspecified atom stereocenters. The molecule has 1 aliphatic heterocycles. The minimum Gasteiger partial charge on any atom is -0.481 e. The molecule has 0 spiro atoms. The maximum atomic E-state index is 11.7. The maximum absolute atomic E-state index is 11.7. The average molecular weight is 274 g/mol. The van der Waals surface area contributed by atoms with Crippen molar-refractivity contribution in [3.63, 3.8) is 0 Å². The Bertz CT molecular complexity index is 349. The molecule has 19 heavy (non-hydrogen) atoms. The van der Waals surface area contributed by atoms with Crippen LogP contribution in [0.1, 0.15) is 6.42 Å². The van der Waals surface area contributed by atoms with Crippen molar-refractivity contribution in [3.05, 3.63) is 0 Å². The Balaban J connectivity index is 2.27. The number of nitrogens with one attached hydrogen (secondary N) is 2. The largest absolute Gasteiger partial charge is 0.481 e. The summed E-state index contributed by atoms with van der Waals surface area (Å²) in [7, 11) is 0. The molecule has 1 fully saturated rings. The number of hydrogen-bond donors (Lipinski definition) is 4. The van der Waals surface area contributed by atoms with Gasteiger partial charge in [0.15, 0.2) is 0 Å². The highest BCUT2D eigenvalue weighted by Gasteiger charge is 2.25. The number of carbonyl (C=O) groups excluding carboxylic acids is 2. The lowest BCUT2D eigenvalue weighted by atomic mass is 10.2. The quantitative estimate of drug-likeness (QED) is 0.454. The summed E-state index contributed by atoms with van der Waals surface area (Å²) in [6.07, 6.45) is -0.617. The van der Waals surface area contributed by atoms with Gasteiger partial charge in [-0.2, -0.15) is 0 Å². The molecule has 0 aliphatic carbocycles. The van der Waals surface area contributed by atoms with Gasteiger partial charge in [0.05, 0.1) is 19.1 Å². The molecule has 5 N–H and O–H groups in total. The van der Waals surface area contributed by atoms with Gasteiger partial charge in [0.25, 0.3) is 0 Å². The van der Waals surface area contributed by atoms with Crippen LogP contribution >= 0.6 is 0 Å². The van der Waals surface area contributed by atoms with Crippen LogP contribution in [-0.2, 0) is 9.53 Å². The lowest BCUT2D eigenvalue weighted by Crippen LogP contribution is -2.51. The van der Waals surface area contributed by atoms with Crippen LogP contribution in [0, 0.1) is 0 Å². The predicted octanol–water partition coefficient (Wildman–Crippen LogP) is -1.46. The second-order valence-electron chi connectivity index (χ2n) is 4.06. The zero-order valence-electron chi connectivity index (χ0n) is 10.4. The number of morpholine rings is 1. The third kappa shape index (κ3) is 5.91. The molecule has 1 atom stereocenters. The van der Waals surface area contributed by atoms with Crippen LogP contribution < -0.4 is 16.4 Å². The Morgan fingerprint density at radius 2 is 2.00 bits per heavy atom. The second-order valence-corrected chi connectivity index (χ2v) is 4.06. The Kier molecular flexibility index (Phi) is 5.86. The molecule has 0 saturated carbocycles. The summed E-state index contributed by atoms with van der Waals surface area (Å²) in [6.45, 7) is 1.45. The number of urea groups is 2. The normalized spacial score (nSPS) is 18.7. The Morgan fingerprint density at radius 3 is 2.63 bits per heavy atom. The number of hydrogen-bond acceptors (Lipinski definition) is 4. The van der Waals surface area contributed by atoms with Gasteiger partial charge >= 0.3 is 18.0 Å². The van der Waals surface area contributed by atoms with Crippen molar-refractivity contribution in [2.24, 2.45) is 5.73 Å². The number of carbonyl (C=O) groups is 3. The molecule has 0 aromatic carbocycles. The fourth-order valence-electron chi connectivity index (χ4n) is 1.69. The van der Waals surface area contributed by atoms with Gasteiger partial charge in [-0.05, 0) is 0 Å².